The highest BCUT2D eigenvalue weighted by Gasteiger charge is 2.83. The highest BCUT2D eigenvalue weighted by Crippen LogP contribution is 2.47. The molecule has 6 fully saturated rings. The molecular weight excluding hydrogens is 1450 g/mol. The highest BCUT2D eigenvalue weighted by molar-refractivity contribution is 7.12. The first-order valence-electron chi connectivity index (χ1n) is 33.0. The number of hydrogen-bond acceptors (Lipinski definition) is 22. The number of fused-ring (bicyclic) bond motifs is 4. The van der Waals surface area contributed by atoms with Crippen molar-refractivity contribution in [1.82, 2.24) is 10.6 Å². The van der Waals surface area contributed by atoms with E-state index in [0.717, 1.165) is 0 Å². The summed E-state index contributed by atoms with van der Waals surface area (Å²) in [6, 6.07) is 75.1. The lowest BCUT2D eigenvalue weighted by atomic mass is 10.4. The van der Waals surface area contributed by atoms with Crippen molar-refractivity contribution in [2.45, 2.75) is 26.9 Å². The summed E-state index contributed by atoms with van der Waals surface area (Å²) in [5.74, 6) is 0. The van der Waals surface area contributed by atoms with Crippen LogP contribution in [0.5, 0.6) is 0 Å². The standard InChI is InChI=1S/C66H78N2O22Si10/c1-5-67-65(69)75-53-51-71-47-49-73-55-91(3)77-93(57-31-15-7-16-32-57)81-97(61-39-23-11-24-40-61)85-95(59-35-19-9-20-36-59)79-92(4,56-74-50-48-72-52-54-76-66(70)68-6-2)80-96(60-37-21-10-22-38-60)87-99(89-97,63-43-27-13-28-44-63)83-94(78-91,58-33-17-8-18-34-58)84-100(88-96,64-45-29-14-30-46-64)90-98(82-93,86-95)62-41-25-12-26-42-62/h7-46H,5-6,47-56H2,1-4H3,(H,67,69)(H,68,70). The van der Waals surface area contributed by atoms with Crippen molar-refractivity contribution in [3.63, 3.8) is 0 Å². The van der Waals surface area contributed by atoms with E-state index < -0.39 is 99.7 Å². The molecule has 6 aliphatic heterocycles. The summed E-state index contributed by atoms with van der Waals surface area (Å²) in [5, 5.41) is 8.60. The average Bonchev–Trinajstić information content (AvgIpc) is 0.677. The van der Waals surface area contributed by atoms with Crippen LogP contribution in [0.1, 0.15) is 13.8 Å². The van der Waals surface area contributed by atoms with Gasteiger partial charge in [-0.15, -0.1) is 0 Å². The predicted octanol–water partition coefficient (Wildman–Crippen LogP) is 3.84. The fraction of sp³-hybridized carbons (Fsp3) is 0.242. The maximum Gasteiger partial charge on any atom is 0.515 e. The second-order valence-electron chi connectivity index (χ2n) is 23.7. The van der Waals surface area contributed by atoms with Crippen molar-refractivity contribution in [2.24, 2.45) is 0 Å². The smallest absolute Gasteiger partial charge is 0.447 e. The zero-order chi connectivity index (χ0) is 69.1. The van der Waals surface area contributed by atoms with Gasteiger partial charge in [-0.1, -0.05) is 243 Å². The van der Waals surface area contributed by atoms with E-state index in [-0.39, 0.29) is 65.3 Å². The third-order valence-electron chi connectivity index (χ3n) is 16.1. The molecule has 0 saturated carbocycles. The highest BCUT2D eigenvalue weighted by atomic mass is 28.6. The topological polar surface area (TPSA) is 243 Å². The van der Waals surface area contributed by atoms with E-state index in [1.807, 2.05) is 270 Å². The second kappa shape index (κ2) is 31.4. The molecule has 24 nitrogen and oxygen atoms in total. The van der Waals surface area contributed by atoms with Crippen LogP contribution in [0.25, 0.3) is 0 Å². The molecule has 6 heterocycles. The van der Waals surface area contributed by atoms with Crippen molar-refractivity contribution in [1.29, 1.82) is 0 Å². The van der Waals surface area contributed by atoms with Crippen LogP contribution in [0.4, 0.5) is 9.59 Å². The van der Waals surface area contributed by atoms with Gasteiger partial charge in [0.15, 0.2) is 0 Å². The second-order valence-corrected chi connectivity index (χ2v) is 53.8. The third kappa shape index (κ3) is 15.6. The van der Waals surface area contributed by atoms with Crippen molar-refractivity contribution >= 4 is 141 Å². The van der Waals surface area contributed by atoms with Crippen LogP contribution >= 0.6 is 0 Å². The fourth-order valence-corrected chi connectivity index (χ4v) is 67.3. The summed E-state index contributed by atoms with van der Waals surface area (Å²) in [6.45, 7) is 8.56. The van der Waals surface area contributed by atoms with Gasteiger partial charge in [0.1, 0.15) is 13.2 Å². The molecule has 8 bridgehead atoms. The zero-order valence-corrected chi connectivity index (χ0v) is 65.6. The van der Waals surface area contributed by atoms with E-state index in [1.54, 1.807) is 0 Å². The van der Waals surface area contributed by atoms with Crippen LogP contribution in [0.3, 0.4) is 0 Å². The van der Waals surface area contributed by atoms with Gasteiger partial charge in [-0.05, 0) is 26.9 Å². The third-order valence-corrected chi connectivity index (χ3v) is 58.6. The number of alkyl carbamates (subject to hydrolysis) is 2. The Kier molecular flexibility index (Phi) is 22.6. The zero-order valence-electron chi connectivity index (χ0n) is 55.6. The van der Waals surface area contributed by atoms with Gasteiger partial charge in [0.25, 0.3) is 0 Å². The monoisotopic (exact) mass is 1530 g/mol. The summed E-state index contributed by atoms with van der Waals surface area (Å²) >= 11 is 0. The summed E-state index contributed by atoms with van der Waals surface area (Å²) in [4.78, 5) is 24.4. The molecule has 0 unspecified atom stereocenters. The number of ether oxygens (including phenoxy) is 6. The number of amides is 2. The van der Waals surface area contributed by atoms with Gasteiger partial charge in [0.2, 0.25) is 0 Å². The van der Waals surface area contributed by atoms with Crippen LogP contribution in [0.2, 0.25) is 13.1 Å². The normalized spacial score (nSPS) is 30.0. The molecule has 100 heavy (non-hydrogen) atoms. The molecule has 2 N–H and O–H groups in total. The summed E-state index contributed by atoms with van der Waals surface area (Å²) in [5.41, 5.74) is 0. The summed E-state index contributed by atoms with van der Waals surface area (Å²) in [7, 11) is -51.4. The van der Waals surface area contributed by atoms with E-state index in [0.29, 0.717) is 54.6 Å². The lowest BCUT2D eigenvalue weighted by Gasteiger charge is -2.60. The first-order chi connectivity index (χ1) is 48.6. The van der Waals surface area contributed by atoms with Crippen LogP contribution < -0.4 is 52.1 Å². The molecule has 34 heteroatoms. The molecule has 0 spiro atoms. The number of hydrogen-bond donors (Lipinski definition) is 2. The summed E-state index contributed by atoms with van der Waals surface area (Å²) in [6.07, 6.45) is -1.58. The minimum absolute atomic E-state index is 0.00630. The van der Waals surface area contributed by atoms with Gasteiger partial charge in [0, 0.05) is 54.6 Å². The Morgan fingerprint density at radius 3 is 0.620 bits per heavy atom. The van der Waals surface area contributed by atoms with E-state index >= 15 is 0 Å². The lowest BCUT2D eigenvalue weighted by molar-refractivity contribution is 0.0103. The minimum atomic E-state index is -5.38. The Morgan fingerprint density at radius 2 is 0.430 bits per heavy atom. The first kappa shape index (κ1) is 72.1. The largest absolute Gasteiger partial charge is 0.515 e. The van der Waals surface area contributed by atoms with E-state index in [1.165, 1.54) is 0 Å². The Bertz CT molecular complexity index is 3480. The molecule has 8 aromatic rings. The number of rotatable bonds is 26. The molecule has 8 aromatic carbocycles. The van der Waals surface area contributed by atoms with Crippen LogP contribution in [0.15, 0.2) is 243 Å². The number of carbonyl (C=O) groups is 2. The summed E-state index contributed by atoms with van der Waals surface area (Å²) < 4.78 is 155. The van der Waals surface area contributed by atoms with Crippen molar-refractivity contribution in [3.05, 3.63) is 243 Å². The first-order valence-corrected chi connectivity index (χ1v) is 51.9. The van der Waals surface area contributed by atoms with Crippen LogP contribution in [-0.4, -0.2) is 178 Å². The maximum atomic E-state index is 12.2. The Hall–Kier alpha value is -6.25. The Morgan fingerprint density at radius 1 is 0.260 bits per heavy atom. The maximum absolute atomic E-state index is 12.2. The molecule has 2 amide bonds. The number of carbonyl (C=O) groups excluding carboxylic acids is 2. The van der Waals surface area contributed by atoms with E-state index in [4.69, 9.17) is 86.0 Å². The molecular formula is C66H78N2O22Si10. The van der Waals surface area contributed by atoms with Crippen LogP contribution in [-0.2, 0) is 86.0 Å². The van der Waals surface area contributed by atoms with Gasteiger partial charge < -0.3 is 96.7 Å². The molecule has 0 aromatic heterocycles. The van der Waals surface area contributed by atoms with E-state index in [2.05, 4.69) is 10.6 Å². The number of benzene rings is 8. The van der Waals surface area contributed by atoms with Gasteiger partial charge >= 0.3 is 99.7 Å². The van der Waals surface area contributed by atoms with Gasteiger partial charge in [-0.2, -0.15) is 0 Å². The van der Waals surface area contributed by atoms with Gasteiger partial charge in [-0.25, -0.2) is 9.59 Å². The van der Waals surface area contributed by atoms with Crippen molar-refractivity contribution in [3.8, 4) is 0 Å². The van der Waals surface area contributed by atoms with Crippen LogP contribution in [0, 0.1) is 0 Å². The minimum Gasteiger partial charge on any atom is -0.447 e. The Balaban J connectivity index is 1.15. The molecule has 0 radical (unpaired) electrons. The lowest BCUT2D eigenvalue weighted by Crippen LogP contribution is -2.93. The van der Waals surface area contributed by atoms with E-state index in [9.17, 15) is 9.59 Å². The quantitative estimate of drug-likeness (QED) is 0.0578. The molecule has 14 rings (SSSR count). The Labute approximate surface area is 591 Å². The molecule has 0 atom stereocenters. The average molecular weight is 1530 g/mol. The number of nitrogens with one attached hydrogen (secondary N) is 2. The molecule has 6 aliphatic rings. The molecule has 0 aliphatic carbocycles. The fourth-order valence-electron chi connectivity index (χ4n) is 11.9. The van der Waals surface area contributed by atoms with Gasteiger partial charge in [0.05, 0.1) is 52.1 Å². The molecule has 6 saturated heterocycles. The van der Waals surface area contributed by atoms with Gasteiger partial charge in [-0.3, -0.25) is 0 Å². The van der Waals surface area contributed by atoms with Crippen molar-refractivity contribution in [2.75, 3.05) is 78.4 Å². The molecule has 524 valence electrons. The SMILES string of the molecule is CCNC(=O)OCCOCCOC[Si]1(C)O[Si]2(c3ccccc3)O[Si]3(c4ccccc4)O[Si]4(c5ccccc5)O[Si](C)(COCCOCCOC(=O)NCC)O[Si]5(c6ccccc6)O[Si](c6ccccc6)(O[Si](c6ccccc6)(O1)O[Si](c1ccccc1)(O5)O[Si](c1ccccc1)(O2)O4)O3. The predicted molar refractivity (Wildman–Crippen MR) is 386 cm³/mol. The van der Waals surface area contributed by atoms with Crippen molar-refractivity contribution < 1.29 is 95.6 Å².